The molecule has 0 aromatic heterocycles. The van der Waals surface area contributed by atoms with E-state index in [1.165, 1.54) is 12.1 Å². The monoisotopic (exact) mass is 531 g/mol. The molecule has 5 N–H and O–H groups in total. The Hall–Kier alpha value is -3.79. The summed E-state index contributed by atoms with van der Waals surface area (Å²) >= 11 is 0. The molecule has 0 spiro atoms. The van der Waals surface area contributed by atoms with Gasteiger partial charge in [0, 0.05) is 36.7 Å². The molecule has 2 saturated heterocycles. The molecule has 0 radical (unpaired) electrons. The minimum absolute atomic E-state index is 0.00933. The standard InChI is InChI=1S/C30H34FN5O3/c31-22-7-13-25(14-8-22)36(18-20-3-9-23(10-4-20)34-29(38)27-2-1-15-32-27)19-21-5-11-24(12-6-21)35-30(39)28-16-26(37)17-33-28/h3-14,26-28,32-33,37H,1-2,15-19H2,(H,34,38)(H,35,39)/t26?,27-,28?/m0/s1. The average molecular weight is 532 g/mol. The Kier molecular flexibility index (Phi) is 8.51. The second-order valence-corrected chi connectivity index (χ2v) is 10.2. The molecule has 39 heavy (non-hydrogen) atoms. The molecule has 2 fully saturated rings. The van der Waals surface area contributed by atoms with Gasteiger partial charge in [-0.2, -0.15) is 0 Å². The van der Waals surface area contributed by atoms with Gasteiger partial charge >= 0.3 is 0 Å². The Balaban J connectivity index is 1.24. The number of amides is 2. The summed E-state index contributed by atoms with van der Waals surface area (Å²) in [4.78, 5) is 27.0. The Morgan fingerprint density at radius 1 is 0.821 bits per heavy atom. The van der Waals surface area contributed by atoms with E-state index in [1.54, 1.807) is 12.1 Å². The number of hydrogen-bond donors (Lipinski definition) is 5. The third kappa shape index (κ3) is 7.20. The number of aliphatic hydroxyl groups excluding tert-OH is 1. The van der Waals surface area contributed by atoms with Crippen LogP contribution in [-0.2, 0) is 22.7 Å². The van der Waals surface area contributed by atoms with Crippen molar-refractivity contribution >= 4 is 28.9 Å². The molecular formula is C30H34FN5O3. The summed E-state index contributed by atoms with van der Waals surface area (Å²) in [6.07, 6.45) is 1.77. The highest BCUT2D eigenvalue weighted by Gasteiger charge is 2.28. The van der Waals surface area contributed by atoms with Gasteiger partial charge in [-0.05, 0) is 85.5 Å². The summed E-state index contributed by atoms with van der Waals surface area (Å²) in [5, 5.41) is 21.8. The van der Waals surface area contributed by atoms with Crippen LogP contribution in [0.4, 0.5) is 21.5 Å². The fourth-order valence-electron chi connectivity index (χ4n) is 5.00. The molecule has 0 saturated carbocycles. The predicted molar refractivity (Wildman–Crippen MR) is 150 cm³/mol. The minimum Gasteiger partial charge on any atom is -0.392 e. The first-order valence-corrected chi connectivity index (χ1v) is 13.4. The van der Waals surface area contributed by atoms with Gasteiger partial charge in [-0.25, -0.2) is 4.39 Å². The van der Waals surface area contributed by atoms with Crippen molar-refractivity contribution in [2.45, 2.75) is 50.5 Å². The fourth-order valence-corrected chi connectivity index (χ4v) is 5.00. The van der Waals surface area contributed by atoms with E-state index in [-0.39, 0.29) is 23.7 Å². The van der Waals surface area contributed by atoms with Crippen molar-refractivity contribution in [2.24, 2.45) is 0 Å². The summed E-state index contributed by atoms with van der Waals surface area (Å²) < 4.78 is 13.6. The van der Waals surface area contributed by atoms with Gasteiger partial charge in [-0.3, -0.25) is 9.59 Å². The molecule has 9 heteroatoms. The number of halogens is 1. The van der Waals surface area contributed by atoms with Crippen LogP contribution in [0.2, 0.25) is 0 Å². The maximum atomic E-state index is 13.6. The van der Waals surface area contributed by atoms with E-state index in [9.17, 15) is 19.1 Å². The van der Waals surface area contributed by atoms with E-state index in [2.05, 4.69) is 26.2 Å². The highest BCUT2D eigenvalue weighted by Crippen LogP contribution is 2.23. The summed E-state index contributed by atoms with van der Waals surface area (Å²) in [5.74, 6) is -0.462. The van der Waals surface area contributed by atoms with Crippen molar-refractivity contribution in [1.82, 2.24) is 10.6 Å². The summed E-state index contributed by atoms with van der Waals surface area (Å²) in [6.45, 7) is 2.45. The molecule has 2 aliphatic rings. The first-order valence-electron chi connectivity index (χ1n) is 13.4. The third-order valence-corrected chi connectivity index (χ3v) is 7.18. The number of anilines is 3. The Labute approximate surface area is 227 Å². The van der Waals surface area contributed by atoms with Gasteiger partial charge in [0.2, 0.25) is 11.8 Å². The van der Waals surface area contributed by atoms with Crippen molar-refractivity contribution in [2.75, 3.05) is 28.6 Å². The van der Waals surface area contributed by atoms with Crippen LogP contribution in [0.25, 0.3) is 0 Å². The van der Waals surface area contributed by atoms with Crippen molar-refractivity contribution < 1.29 is 19.1 Å². The van der Waals surface area contributed by atoms with Crippen LogP contribution in [0, 0.1) is 5.82 Å². The lowest BCUT2D eigenvalue weighted by molar-refractivity contribution is -0.118. The molecule has 3 aromatic rings. The first-order chi connectivity index (χ1) is 18.9. The number of hydrogen-bond acceptors (Lipinski definition) is 6. The number of carbonyl (C=O) groups is 2. The zero-order valence-corrected chi connectivity index (χ0v) is 21.7. The maximum Gasteiger partial charge on any atom is 0.241 e. The van der Waals surface area contributed by atoms with Crippen LogP contribution in [0.5, 0.6) is 0 Å². The second-order valence-electron chi connectivity index (χ2n) is 10.2. The van der Waals surface area contributed by atoms with Crippen molar-refractivity contribution in [3.05, 3.63) is 89.7 Å². The van der Waals surface area contributed by atoms with Crippen LogP contribution >= 0.6 is 0 Å². The quantitative estimate of drug-likeness (QED) is 0.290. The molecule has 204 valence electrons. The third-order valence-electron chi connectivity index (χ3n) is 7.18. The number of rotatable bonds is 9. The topological polar surface area (TPSA) is 106 Å². The van der Waals surface area contributed by atoms with E-state index in [4.69, 9.17) is 0 Å². The maximum absolute atomic E-state index is 13.6. The fraction of sp³-hybridized carbons (Fsp3) is 0.333. The predicted octanol–water partition coefficient (Wildman–Crippen LogP) is 3.38. The van der Waals surface area contributed by atoms with Crippen LogP contribution < -0.4 is 26.2 Å². The van der Waals surface area contributed by atoms with Gasteiger partial charge in [0.25, 0.3) is 0 Å². The summed E-state index contributed by atoms with van der Waals surface area (Å²) in [6, 6.07) is 21.3. The van der Waals surface area contributed by atoms with E-state index in [1.807, 2.05) is 48.5 Å². The van der Waals surface area contributed by atoms with E-state index < -0.39 is 12.1 Å². The summed E-state index contributed by atoms with van der Waals surface area (Å²) in [5.41, 5.74) is 4.40. The lowest BCUT2D eigenvalue weighted by atomic mass is 10.1. The van der Waals surface area contributed by atoms with Gasteiger partial charge in [-0.1, -0.05) is 24.3 Å². The number of benzene rings is 3. The normalized spacial score (nSPS) is 20.5. The SMILES string of the molecule is O=C(Nc1ccc(CN(Cc2ccc(NC(=O)[C@@H]3CCCN3)cc2)c2ccc(F)cc2)cc1)C1CC(O)CN1. The molecule has 2 amide bonds. The Morgan fingerprint density at radius 2 is 1.38 bits per heavy atom. The summed E-state index contributed by atoms with van der Waals surface area (Å²) in [7, 11) is 0. The van der Waals surface area contributed by atoms with Gasteiger partial charge in [-0.15, -0.1) is 0 Å². The molecule has 0 aliphatic carbocycles. The van der Waals surface area contributed by atoms with Gasteiger partial charge < -0.3 is 31.3 Å². The number of nitrogens with zero attached hydrogens (tertiary/aromatic N) is 1. The minimum atomic E-state index is -0.496. The number of β-amino-alcohol motifs (C(OH)–C–C–N with tert-alkyl or cyclic N) is 1. The zero-order chi connectivity index (χ0) is 27.2. The molecule has 8 nitrogen and oxygen atoms in total. The van der Waals surface area contributed by atoms with Crippen LogP contribution in [0.1, 0.15) is 30.4 Å². The molecular weight excluding hydrogens is 497 g/mol. The molecule has 2 aliphatic heterocycles. The molecule has 3 atom stereocenters. The van der Waals surface area contributed by atoms with E-state index in [0.29, 0.717) is 31.7 Å². The van der Waals surface area contributed by atoms with Crippen LogP contribution in [0.3, 0.4) is 0 Å². The van der Waals surface area contributed by atoms with Crippen molar-refractivity contribution in [1.29, 1.82) is 0 Å². The largest absolute Gasteiger partial charge is 0.392 e. The first kappa shape index (κ1) is 26.8. The molecule has 5 rings (SSSR count). The lowest BCUT2D eigenvalue weighted by Gasteiger charge is -2.25. The van der Waals surface area contributed by atoms with E-state index in [0.717, 1.165) is 41.9 Å². The van der Waals surface area contributed by atoms with Gasteiger partial charge in [0.15, 0.2) is 0 Å². The average Bonchev–Trinajstić information content (AvgIpc) is 3.63. The number of aliphatic hydroxyl groups is 1. The van der Waals surface area contributed by atoms with Crippen LogP contribution in [0.15, 0.2) is 72.8 Å². The Morgan fingerprint density at radius 3 is 1.87 bits per heavy atom. The Bertz CT molecular complexity index is 1260. The molecule has 0 bridgehead atoms. The highest BCUT2D eigenvalue weighted by atomic mass is 19.1. The second kappa shape index (κ2) is 12.4. The van der Waals surface area contributed by atoms with Crippen LogP contribution in [-0.4, -0.2) is 48.2 Å². The van der Waals surface area contributed by atoms with Crippen molar-refractivity contribution in [3.63, 3.8) is 0 Å². The number of nitrogens with one attached hydrogen (secondary N) is 4. The van der Waals surface area contributed by atoms with E-state index >= 15 is 0 Å². The highest BCUT2D eigenvalue weighted by molar-refractivity contribution is 5.95. The molecule has 2 unspecified atom stereocenters. The molecule has 2 heterocycles. The lowest BCUT2D eigenvalue weighted by Crippen LogP contribution is -2.35. The zero-order valence-electron chi connectivity index (χ0n) is 21.7. The van der Waals surface area contributed by atoms with Crippen molar-refractivity contribution in [3.8, 4) is 0 Å². The van der Waals surface area contributed by atoms with Gasteiger partial charge in [0.05, 0.1) is 18.2 Å². The number of carbonyl (C=O) groups excluding carboxylic acids is 2. The van der Waals surface area contributed by atoms with Gasteiger partial charge in [0.1, 0.15) is 5.82 Å². The molecule has 3 aromatic carbocycles. The smallest absolute Gasteiger partial charge is 0.241 e.